The molecule has 100 valence electrons. The van der Waals surface area contributed by atoms with E-state index in [1.165, 1.54) is 7.11 Å². The summed E-state index contributed by atoms with van der Waals surface area (Å²) in [6.45, 7) is 7.78. The van der Waals surface area contributed by atoms with Gasteiger partial charge in [0, 0.05) is 25.3 Å². The van der Waals surface area contributed by atoms with Gasteiger partial charge in [-0.15, -0.1) is 0 Å². The van der Waals surface area contributed by atoms with Crippen molar-refractivity contribution in [2.45, 2.75) is 33.6 Å². The summed E-state index contributed by atoms with van der Waals surface area (Å²) >= 11 is 0. The normalized spacial score (nSPS) is 12.6. The van der Waals surface area contributed by atoms with Crippen molar-refractivity contribution in [3.63, 3.8) is 0 Å². The predicted molar refractivity (Wildman–Crippen MR) is 68.7 cm³/mol. The van der Waals surface area contributed by atoms with Crippen LogP contribution in [0.5, 0.6) is 0 Å². The minimum absolute atomic E-state index is 0.0697. The smallest absolute Gasteiger partial charge is 0.333 e. The zero-order valence-electron chi connectivity index (χ0n) is 11.4. The van der Waals surface area contributed by atoms with Gasteiger partial charge in [0.25, 0.3) is 0 Å². The third kappa shape index (κ3) is 7.13. The molecule has 0 bridgehead atoms. The van der Waals surface area contributed by atoms with E-state index in [4.69, 9.17) is 5.11 Å². The lowest BCUT2D eigenvalue weighted by Crippen LogP contribution is -2.30. The van der Waals surface area contributed by atoms with Crippen LogP contribution in [0, 0.1) is 5.41 Å². The van der Waals surface area contributed by atoms with Crippen LogP contribution in [-0.4, -0.2) is 37.9 Å². The van der Waals surface area contributed by atoms with E-state index in [0.717, 1.165) is 13.0 Å². The summed E-state index contributed by atoms with van der Waals surface area (Å²) in [5.41, 5.74) is 0.764. The molecule has 0 heterocycles. The van der Waals surface area contributed by atoms with Gasteiger partial charge in [-0.2, -0.15) is 0 Å². The van der Waals surface area contributed by atoms with Crippen molar-refractivity contribution in [2.75, 3.05) is 26.8 Å². The summed E-state index contributed by atoms with van der Waals surface area (Å²) < 4.78 is 4.67. The van der Waals surface area contributed by atoms with Crippen LogP contribution in [-0.2, 0) is 9.53 Å². The second-order valence-electron chi connectivity index (χ2n) is 4.84. The van der Waals surface area contributed by atoms with Gasteiger partial charge in [-0.25, -0.2) is 4.79 Å². The van der Waals surface area contributed by atoms with Crippen LogP contribution in [0.3, 0.4) is 0 Å². The van der Waals surface area contributed by atoms with Crippen LogP contribution >= 0.6 is 0 Å². The topological polar surface area (TPSA) is 58.6 Å². The SMILES string of the molecule is CCC(=CCNCC(C)(C)CCO)C(=O)OC. The van der Waals surface area contributed by atoms with E-state index in [-0.39, 0.29) is 18.0 Å². The van der Waals surface area contributed by atoms with E-state index in [9.17, 15) is 4.79 Å². The van der Waals surface area contributed by atoms with Crippen molar-refractivity contribution in [1.82, 2.24) is 5.32 Å². The Morgan fingerprint density at radius 3 is 2.59 bits per heavy atom. The minimum Gasteiger partial charge on any atom is -0.466 e. The highest BCUT2D eigenvalue weighted by atomic mass is 16.5. The van der Waals surface area contributed by atoms with Gasteiger partial charge in [0.1, 0.15) is 0 Å². The van der Waals surface area contributed by atoms with E-state index in [0.29, 0.717) is 18.5 Å². The molecule has 4 heteroatoms. The number of aliphatic hydroxyl groups excluding tert-OH is 1. The molecule has 4 nitrogen and oxygen atoms in total. The zero-order valence-corrected chi connectivity index (χ0v) is 11.4. The van der Waals surface area contributed by atoms with Crippen LogP contribution in [0.2, 0.25) is 0 Å². The average molecular weight is 243 g/mol. The Balaban J connectivity index is 4.04. The highest BCUT2D eigenvalue weighted by Crippen LogP contribution is 2.17. The van der Waals surface area contributed by atoms with Crippen molar-refractivity contribution in [2.24, 2.45) is 5.41 Å². The Labute approximate surface area is 104 Å². The number of rotatable bonds is 8. The Morgan fingerprint density at radius 2 is 2.12 bits per heavy atom. The van der Waals surface area contributed by atoms with Crippen molar-refractivity contribution in [3.8, 4) is 0 Å². The minimum atomic E-state index is -0.260. The molecule has 17 heavy (non-hydrogen) atoms. The third-order valence-corrected chi connectivity index (χ3v) is 2.71. The Kier molecular flexibility index (Phi) is 7.83. The van der Waals surface area contributed by atoms with Gasteiger partial charge in [-0.1, -0.05) is 26.8 Å². The van der Waals surface area contributed by atoms with Gasteiger partial charge < -0.3 is 15.2 Å². The summed E-state index contributed by atoms with van der Waals surface area (Å²) in [6, 6.07) is 0. The predicted octanol–water partition coefficient (Wildman–Crippen LogP) is 1.49. The van der Waals surface area contributed by atoms with Gasteiger partial charge in [-0.3, -0.25) is 0 Å². The molecule has 0 radical (unpaired) electrons. The molecule has 2 N–H and O–H groups in total. The maximum absolute atomic E-state index is 11.3. The van der Waals surface area contributed by atoms with Crippen molar-refractivity contribution < 1.29 is 14.6 Å². The van der Waals surface area contributed by atoms with E-state index in [2.05, 4.69) is 23.9 Å². The molecular weight excluding hydrogens is 218 g/mol. The molecule has 0 aliphatic rings. The first-order valence-corrected chi connectivity index (χ1v) is 6.05. The highest BCUT2D eigenvalue weighted by Gasteiger charge is 2.16. The second kappa shape index (κ2) is 8.25. The largest absolute Gasteiger partial charge is 0.466 e. The molecule has 0 amide bonds. The van der Waals surface area contributed by atoms with Gasteiger partial charge in [0.05, 0.1) is 7.11 Å². The third-order valence-electron chi connectivity index (χ3n) is 2.71. The lowest BCUT2D eigenvalue weighted by Gasteiger charge is -2.23. The maximum Gasteiger partial charge on any atom is 0.333 e. The molecule has 0 spiro atoms. The summed E-state index contributed by atoms with van der Waals surface area (Å²) in [7, 11) is 1.39. The van der Waals surface area contributed by atoms with Crippen molar-refractivity contribution in [1.29, 1.82) is 0 Å². The van der Waals surface area contributed by atoms with Gasteiger partial charge >= 0.3 is 5.97 Å². The first-order valence-electron chi connectivity index (χ1n) is 6.05. The Morgan fingerprint density at radius 1 is 1.47 bits per heavy atom. The van der Waals surface area contributed by atoms with Gasteiger partial charge in [0.2, 0.25) is 0 Å². The summed E-state index contributed by atoms with van der Waals surface area (Å²) in [6.07, 6.45) is 3.30. The van der Waals surface area contributed by atoms with Crippen LogP contribution in [0.1, 0.15) is 33.6 Å². The van der Waals surface area contributed by atoms with E-state index < -0.39 is 0 Å². The number of carbonyl (C=O) groups is 1. The number of esters is 1. The molecule has 0 aromatic rings. The maximum atomic E-state index is 11.3. The van der Waals surface area contributed by atoms with Crippen molar-refractivity contribution >= 4 is 5.97 Å². The standard InChI is InChI=1S/C13H25NO3/c1-5-11(12(16)17-4)6-8-14-10-13(2,3)7-9-15/h6,14-15H,5,7-10H2,1-4H3. The summed E-state index contributed by atoms with van der Waals surface area (Å²) in [5.74, 6) is -0.260. The number of aliphatic hydroxyl groups is 1. The van der Waals surface area contributed by atoms with Gasteiger partial charge in [-0.05, 0) is 18.3 Å². The van der Waals surface area contributed by atoms with Crippen LogP contribution in [0.15, 0.2) is 11.6 Å². The molecule has 0 rings (SSSR count). The number of hydrogen-bond acceptors (Lipinski definition) is 4. The lowest BCUT2D eigenvalue weighted by molar-refractivity contribution is -0.136. The highest BCUT2D eigenvalue weighted by molar-refractivity contribution is 5.88. The fraction of sp³-hybridized carbons (Fsp3) is 0.769. The molecule has 0 aromatic carbocycles. The van der Waals surface area contributed by atoms with Gasteiger partial charge in [0.15, 0.2) is 0 Å². The number of methoxy groups -OCH3 is 1. The molecule has 0 unspecified atom stereocenters. The number of carbonyl (C=O) groups excluding carboxylic acids is 1. The molecule has 0 aliphatic heterocycles. The summed E-state index contributed by atoms with van der Waals surface area (Å²) in [5, 5.41) is 12.1. The average Bonchev–Trinajstić information content (AvgIpc) is 2.28. The fourth-order valence-electron chi connectivity index (χ4n) is 1.50. The van der Waals surface area contributed by atoms with Crippen molar-refractivity contribution in [3.05, 3.63) is 11.6 Å². The Bertz CT molecular complexity index is 259. The molecule has 0 aromatic heterocycles. The molecule has 0 aliphatic carbocycles. The van der Waals surface area contributed by atoms with Crippen LogP contribution in [0.4, 0.5) is 0 Å². The van der Waals surface area contributed by atoms with Crippen LogP contribution in [0.25, 0.3) is 0 Å². The van der Waals surface area contributed by atoms with E-state index >= 15 is 0 Å². The number of ether oxygens (including phenoxy) is 1. The van der Waals surface area contributed by atoms with E-state index in [1.54, 1.807) is 0 Å². The van der Waals surface area contributed by atoms with E-state index in [1.807, 2.05) is 13.0 Å². The first-order chi connectivity index (χ1) is 7.96. The van der Waals surface area contributed by atoms with Crippen LogP contribution < -0.4 is 5.32 Å². The molecule has 0 fully saturated rings. The molecule has 0 saturated heterocycles. The molecule has 0 saturated carbocycles. The number of nitrogens with one attached hydrogen (secondary N) is 1. The lowest BCUT2D eigenvalue weighted by atomic mass is 9.90. The first kappa shape index (κ1) is 16.1. The monoisotopic (exact) mass is 243 g/mol. The molecular formula is C13H25NO3. The Hall–Kier alpha value is -0.870. The second-order valence-corrected chi connectivity index (χ2v) is 4.84. The molecule has 0 atom stereocenters. The zero-order chi connectivity index (χ0) is 13.3. The quantitative estimate of drug-likeness (QED) is 0.385. The fourth-order valence-corrected chi connectivity index (χ4v) is 1.50. The summed E-state index contributed by atoms with van der Waals surface area (Å²) in [4.78, 5) is 11.3. The number of hydrogen-bond donors (Lipinski definition) is 2.